The van der Waals surface area contributed by atoms with Crippen LogP contribution in [0.4, 0.5) is 0 Å². The number of para-hydroxylation sites is 1. The van der Waals surface area contributed by atoms with Crippen molar-refractivity contribution in [3.8, 4) is 11.5 Å². The molecule has 0 atom stereocenters. The predicted octanol–water partition coefficient (Wildman–Crippen LogP) is 4.55. The van der Waals surface area contributed by atoms with Gasteiger partial charge < -0.3 is 9.84 Å². The van der Waals surface area contributed by atoms with Crippen LogP contribution in [0.3, 0.4) is 0 Å². The number of halogens is 1. The Bertz CT molecular complexity index is 596. The lowest BCUT2D eigenvalue weighted by molar-refractivity contribution is 0.0694. The van der Waals surface area contributed by atoms with Crippen molar-refractivity contribution in [2.75, 3.05) is 6.26 Å². The maximum atomic E-state index is 11.1. The molecule has 0 heterocycles. The molecule has 2 aromatic rings. The SMILES string of the molecule is CSc1ccc(Oc2c(Cl)cccc2C(=O)O)cc1. The van der Waals surface area contributed by atoms with Crippen molar-refractivity contribution in [2.45, 2.75) is 4.90 Å². The minimum Gasteiger partial charge on any atom is -0.478 e. The number of rotatable bonds is 4. The molecule has 0 bridgehead atoms. The number of hydrogen-bond donors (Lipinski definition) is 1. The number of thioether (sulfide) groups is 1. The molecular weight excluding hydrogens is 284 g/mol. The van der Waals surface area contributed by atoms with Crippen LogP contribution >= 0.6 is 23.4 Å². The summed E-state index contributed by atoms with van der Waals surface area (Å²) in [5.74, 6) is -0.361. The quantitative estimate of drug-likeness (QED) is 0.840. The first kappa shape index (κ1) is 13.8. The van der Waals surface area contributed by atoms with Crippen LogP contribution in [-0.4, -0.2) is 17.3 Å². The average Bonchev–Trinajstić information content (AvgIpc) is 2.41. The molecule has 0 aliphatic carbocycles. The third-order valence-electron chi connectivity index (χ3n) is 2.48. The van der Waals surface area contributed by atoms with Crippen LogP contribution in [0.2, 0.25) is 5.02 Å². The number of carboxylic acids is 1. The first-order chi connectivity index (χ1) is 9.11. The monoisotopic (exact) mass is 294 g/mol. The molecule has 0 aliphatic heterocycles. The molecule has 3 nitrogen and oxygen atoms in total. The lowest BCUT2D eigenvalue weighted by Gasteiger charge is -2.10. The zero-order valence-corrected chi connectivity index (χ0v) is 11.7. The molecule has 98 valence electrons. The molecule has 0 aromatic heterocycles. The minimum absolute atomic E-state index is 0.0430. The fourth-order valence-corrected chi connectivity index (χ4v) is 2.16. The molecule has 0 fully saturated rings. The van der Waals surface area contributed by atoms with E-state index in [0.717, 1.165) is 4.90 Å². The van der Waals surface area contributed by atoms with E-state index in [2.05, 4.69) is 0 Å². The fourth-order valence-electron chi connectivity index (χ4n) is 1.54. The van der Waals surface area contributed by atoms with Gasteiger partial charge in [-0.3, -0.25) is 0 Å². The van der Waals surface area contributed by atoms with E-state index in [4.69, 9.17) is 21.4 Å². The fraction of sp³-hybridized carbons (Fsp3) is 0.0714. The van der Waals surface area contributed by atoms with Gasteiger partial charge in [-0.05, 0) is 42.7 Å². The number of ether oxygens (including phenoxy) is 1. The van der Waals surface area contributed by atoms with Gasteiger partial charge in [0, 0.05) is 4.90 Å². The van der Waals surface area contributed by atoms with Crippen LogP contribution < -0.4 is 4.74 Å². The molecule has 0 radical (unpaired) electrons. The second kappa shape index (κ2) is 5.99. The zero-order valence-electron chi connectivity index (χ0n) is 10.1. The van der Waals surface area contributed by atoms with Gasteiger partial charge in [0.2, 0.25) is 0 Å². The van der Waals surface area contributed by atoms with E-state index in [1.165, 1.54) is 6.07 Å². The Balaban J connectivity index is 2.34. The molecule has 19 heavy (non-hydrogen) atoms. The van der Waals surface area contributed by atoms with Crippen LogP contribution in [-0.2, 0) is 0 Å². The largest absolute Gasteiger partial charge is 0.478 e. The maximum absolute atomic E-state index is 11.1. The van der Waals surface area contributed by atoms with Crippen molar-refractivity contribution in [1.82, 2.24) is 0 Å². The van der Waals surface area contributed by atoms with E-state index in [1.807, 2.05) is 18.4 Å². The van der Waals surface area contributed by atoms with Crippen molar-refractivity contribution in [2.24, 2.45) is 0 Å². The normalized spacial score (nSPS) is 10.2. The van der Waals surface area contributed by atoms with Crippen LogP contribution in [0.5, 0.6) is 11.5 Å². The Morgan fingerprint density at radius 2 is 1.89 bits per heavy atom. The maximum Gasteiger partial charge on any atom is 0.339 e. The van der Waals surface area contributed by atoms with Gasteiger partial charge in [-0.1, -0.05) is 17.7 Å². The molecule has 0 saturated carbocycles. The Morgan fingerprint density at radius 1 is 1.21 bits per heavy atom. The summed E-state index contributed by atoms with van der Waals surface area (Å²) < 4.78 is 5.58. The standard InChI is InChI=1S/C14H11ClO3S/c1-19-10-7-5-9(6-8-10)18-13-11(14(16)17)3-2-4-12(13)15/h2-8H,1H3,(H,16,17). The van der Waals surface area contributed by atoms with Gasteiger partial charge in [-0.15, -0.1) is 11.8 Å². The molecule has 0 aliphatic rings. The first-order valence-corrected chi connectivity index (χ1v) is 7.06. The summed E-state index contributed by atoms with van der Waals surface area (Å²) in [5.41, 5.74) is 0.0430. The zero-order chi connectivity index (χ0) is 13.8. The van der Waals surface area contributed by atoms with Gasteiger partial charge >= 0.3 is 5.97 Å². The topological polar surface area (TPSA) is 46.5 Å². The van der Waals surface area contributed by atoms with Crippen molar-refractivity contribution in [3.63, 3.8) is 0 Å². The van der Waals surface area contributed by atoms with E-state index in [0.29, 0.717) is 5.75 Å². The van der Waals surface area contributed by atoms with Gasteiger partial charge in [0.05, 0.1) is 5.02 Å². The van der Waals surface area contributed by atoms with E-state index >= 15 is 0 Å². The Hall–Kier alpha value is -1.65. The highest BCUT2D eigenvalue weighted by Gasteiger charge is 2.15. The highest BCUT2D eigenvalue weighted by Crippen LogP contribution is 2.33. The van der Waals surface area contributed by atoms with Crippen LogP contribution in [0.25, 0.3) is 0 Å². The number of hydrogen-bond acceptors (Lipinski definition) is 3. The molecule has 2 aromatic carbocycles. The average molecular weight is 295 g/mol. The van der Waals surface area contributed by atoms with E-state index < -0.39 is 5.97 Å². The van der Waals surface area contributed by atoms with Crippen LogP contribution in [0.1, 0.15) is 10.4 Å². The highest BCUT2D eigenvalue weighted by atomic mass is 35.5. The smallest absolute Gasteiger partial charge is 0.339 e. The minimum atomic E-state index is -1.07. The molecule has 1 N–H and O–H groups in total. The lowest BCUT2D eigenvalue weighted by atomic mass is 10.2. The summed E-state index contributed by atoms with van der Waals surface area (Å²) in [5, 5.41) is 9.38. The lowest BCUT2D eigenvalue weighted by Crippen LogP contribution is -2.00. The molecule has 5 heteroatoms. The van der Waals surface area contributed by atoms with E-state index in [-0.39, 0.29) is 16.3 Å². The summed E-state index contributed by atoms with van der Waals surface area (Å²) in [6.07, 6.45) is 1.98. The summed E-state index contributed by atoms with van der Waals surface area (Å²) in [6, 6.07) is 12.0. The van der Waals surface area contributed by atoms with Gasteiger partial charge in [0.1, 0.15) is 11.3 Å². The summed E-state index contributed by atoms with van der Waals surface area (Å²) in [6.45, 7) is 0. The summed E-state index contributed by atoms with van der Waals surface area (Å²) in [7, 11) is 0. The Kier molecular flexibility index (Phi) is 4.35. The molecule has 0 spiro atoms. The van der Waals surface area contributed by atoms with Gasteiger partial charge in [-0.25, -0.2) is 4.79 Å². The summed E-state index contributed by atoms with van der Waals surface area (Å²) >= 11 is 7.61. The van der Waals surface area contributed by atoms with Crippen LogP contribution in [0, 0.1) is 0 Å². The molecule has 0 unspecified atom stereocenters. The number of benzene rings is 2. The first-order valence-electron chi connectivity index (χ1n) is 5.45. The van der Waals surface area contributed by atoms with Crippen molar-refractivity contribution >= 4 is 29.3 Å². The molecule has 0 saturated heterocycles. The number of aromatic carboxylic acids is 1. The van der Waals surface area contributed by atoms with Crippen molar-refractivity contribution in [3.05, 3.63) is 53.1 Å². The van der Waals surface area contributed by atoms with Crippen LogP contribution in [0.15, 0.2) is 47.4 Å². The number of carboxylic acid groups (broad SMARTS) is 1. The third-order valence-corrected chi connectivity index (χ3v) is 3.52. The van der Waals surface area contributed by atoms with E-state index in [9.17, 15) is 4.79 Å². The number of carbonyl (C=O) groups is 1. The van der Waals surface area contributed by atoms with Crippen molar-refractivity contribution in [1.29, 1.82) is 0 Å². The van der Waals surface area contributed by atoms with Gasteiger partial charge in [0.15, 0.2) is 5.75 Å². The summed E-state index contributed by atoms with van der Waals surface area (Å²) in [4.78, 5) is 12.2. The highest BCUT2D eigenvalue weighted by molar-refractivity contribution is 7.98. The Morgan fingerprint density at radius 3 is 2.47 bits per heavy atom. The molecule has 0 amide bonds. The van der Waals surface area contributed by atoms with Gasteiger partial charge in [0.25, 0.3) is 0 Å². The van der Waals surface area contributed by atoms with E-state index in [1.54, 1.807) is 36.0 Å². The Labute approximate surface area is 120 Å². The third kappa shape index (κ3) is 3.22. The predicted molar refractivity (Wildman–Crippen MR) is 76.7 cm³/mol. The second-order valence-electron chi connectivity index (χ2n) is 3.70. The van der Waals surface area contributed by atoms with Crippen molar-refractivity contribution < 1.29 is 14.6 Å². The molecule has 2 rings (SSSR count). The second-order valence-corrected chi connectivity index (χ2v) is 4.99. The van der Waals surface area contributed by atoms with Gasteiger partial charge in [-0.2, -0.15) is 0 Å². The molecular formula is C14H11ClO3S.